The van der Waals surface area contributed by atoms with E-state index in [2.05, 4.69) is 29.0 Å². The van der Waals surface area contributed by atoms with E-state index < -0.39 is 5.97 Å². The van der Waals surface area contributed by atoms with Crippen molar-refractivity contribution in [1.29, 1.82) is 0 Å². The third kappa shape index (κ3) is 4.73. The van der Waals surface area contributed by atoms with E-state index in [1.807, 2.05) is 49.4 Å². The van der Waals surface area contributed by atoms with Crippen LogP contribution in [0.4, 0.5) is 0 Å². The summed E-state index contributed by atoms with van der Waals surface area (Å²) in [6.07, 6.45) is 4.65. The fourth-order valence-electron chi connectivity index (χ4n) is 3.47. The summed E-state index contributed by atoms with van der Waals surface area (Å²) in [5.74, 6) is -0.706. The van der Waals surface area contributed by atoms with E-state index in [0.29, 0.717) is 15.8 Å². The summed E-state index contributed by atoms with van der Waals surface area (Å²) >= 11 is 6.56. The lowest BCUT2D eigenvalue weighted by molar-refractivity contribution is -0.146. The summed E-state index contributed by atoms with van der Waals surface area (Å²) in [5.41, 5.74) is 3.24. The first-order valence-corrected chi connectivity index (χ1v) is 11.3. The van der Waals surface area contributed by atoms with Crippen molar-refractivity contribution in [1.82, 2.24) is 9.47 Å². The number of rotatable bonds is 7. The maximum Gasteiger partial charge on any atom is 0.326 e. The molecule has 0 radical (unpaired) electrons. The minimum atomic E-state index is -0.445. The SMILES string of the molecule is CCCOC(=O)CN1C(=O)/C(=C/c2cn(Cc3ccccc3)c3ccccc23)SC1=S. The summed E-state index contributed by atoms with van der Waals surface area (Å²) in [6.45, 7) is 2.84. The maximum absolute atomic E-state index is 12.9. The van der Waals surface area contributed by atoms with Gasteiger partial charge in [-0.1, -0.05) is 79.4 Å². The van der Waals surface area contributed by atoms with Crippen LogP contribution < -0.4 is 0 Å². The van der Waals surface area contributed by atoms with Crippen LogP contribution in [0.2, 0.25) is 0 Å². The molecular weight excluding hydrogens is 428 g/mol. The number of carbonyl (C=O) groups is 2. The van der Waals surface area contributed by atoms with E-state index in [1.54, 1.807) is 0 Å². The van der Waals surface area contributed by atoms with Crippen molar-refractivity contribution in [2.45, 2.75) is 19.9 Å². The zero-order valence-corrected chi connectivity index (χ0v) is 18.7. The molecule has 0 atom stereocenters. The molecule has 1 saturated heterocycles. The molecule has 3 aromatic rings. The summed E-state index contributed by atoms with van der Waals surface area (Å²) < 4.78 is 7.65. The van der Waals surface area contributed by atoms with Gasteiger partial charge in [-0.25, -0.2) is 0 Å². The van der Waals surface area contributed by atoms with Gasteiger partial charge in [-0.05, 0) is 24.1 Å². The standard InChI is InChI=1S/C24H22N2O3S2/c1-2-12-29-22(27)16-26-23(28)21(31-24(26)30)13-18-15-25(14-17-8-4-3-5-9-17)20-11-7-6-10-19(18)20/h3-11,13,15H,2,12,14,16H2,1H3/b21-13-. The number of thiocarbonyl (C=S) groups is 1. The van der Waals surface area contributed by atoms with Gasteiger partial charge in [-0.2, -0.15) is 0 Å². The summed E-state index contributed by atoms with van der Waals surface area (Å²) in [4.78, 5) is 26.7. The molecule has 0 bridgehead atoms. The minimum Gasteiger partial charge on any atom is -0.464 e. The van der Waals surface area contributed by atoms with Crippen LogP contribution in [-0.2, 0) is 20.9 Å². The van der Waals surface area contributed by atoms with Crippen LogP contribution in [-0.4, -0.2) is 38.8 Å². The van der Waals surface area contributed by atoms with Gasteiger partial charge in [-0.15, -0.1) is 0 Å². The van der Waals surface area contributed by atoms with E-state index >= 15 is 0 Å². The fourth-order valence-corrected chi connectivity index (χ4v) is 4.72. The highest BCUT2D eigenvalue weighted by Crippen LogP contribution is 2.34. The van der Waals surface area contributed by atoms with Crippen molar-refractivity contribution in [2.24, 2.45) is 0 Å². The third-order valence-corrected chi connectivity index (χ3v) is 6.31. The fraction of sp³-hybridized carbons (Fsp3) is 0.208. The molecule has 0 saturated carbocycles. The highest BCUT2D eigenvalue weighted by Gasteiger charge is 2.34. The number of thioether (sulfide) groups is 1. The summed E-state index contributed by atoms with van der Waals surface area (Å²) in [7, 11) is 0. The molecule has 31 heavy (non-hydrogen) atoms. The maximum atomic E-state index is 12.9. The number of carbonyl (C=O) groups excluding carboxylic acids is 2. The zero-order valence-electron chi connectivity index (χ0n) is 17.1. The lowest BCUT2D eigenvalue weighted by atomic mass is 10.1. The van der Waals surface area contributed by atoms with Crippen molar-refractivity contribution in [2.75, 3.05) is 13.2 Å². The van der Waals surface area contributed by atoms with Crippen LogP contribution in [0.15, 0.2) is 65.7 Å². The number of esters is 1. The van der Waals surface area contributed by atoms with Gasteiger partial charge in [0.25, 0.3) is 5.91 Å². The van der Waals surface area contributed by atoms with Gasteiger partial charge in [0.2, 0.25) is 0 Å². The smallest absolute Gasteiger partial charge is 0.326 e. The van der Waals surface area contributed by atoms with Gasteiger partial charge in [0.15, 0.2) is 0 Å². The van der Waals surface area contributed by atoms with Crippen LogP contribution in [0.1, 0.15) is 24.5 Å². The number of fused-ring (bicyclic) bond motifs is 1. The quantitative estimate of drug-likeness (QED) is 0.293. The van der Waals surface area contributed by atoms with Gasteiger partial charge in [-0.3, -0.25) is 14.5 Å². The van der Waals surface area contributed by atoms with Crippen molar-refractivity contribution >= 4 is 57.2 Å². The number of ether oxygens (including phenoxy) is 1. The first kappa shape index (κ1) is 21.3. The number of hydrogen-bond donors (Lipinski definition) is 0. The van der Waals surface area contributed by atoms with Crippen molar-refractivity contribution in [3.8, 4) is 0 Å². The molecule has 4 rings (SSSR count). The molecule has 0 N–H and O–H groups in total. The van der Waals surface area contributed by atoms with Crippen molar-refractivity contribution in [3.05, 3.63) is 76.8 Å². The number of para-hydroxylation sites is 1. The van der Waals surface area contributed by atoms with Crippen molar-refractivity contribution in [3.63, 3.8) is 0 Å². The Bertz CT molecular complexity index is 1170. The molecular formula is C24H22N2O3S2. The molecule has 1 amide bonds. The normalized spacial score (nSPS) is 15.3. The second-order valence-corrected chi connectivity index (χ2v) is 8.88. The number of benzene rings is 2. The Morgan fingerprint density at radius 1 is 1.13 bits per heavy atom. The Morgan fingerprint density at radius 2 is 1.87 bits per heavy atom. The lowest BCUT2D eigenvalue weighted by Gasteiger charge is -2.13. The second-order valence-electron chi connectivity index (χ2n) is 7.20. The predicted molar refractivity (Wildman–Crippen MR) is 129 cm³/mol. The Hall–Kier alpha value is -2.90. The molecule has 2 aromatic carbocycles. The van der Waals surface area contributed by atoms with Gasteiger partial charge in [0.1, 0.15) is 10.9 Å². The molecule has 0 aliphatic carbocycles. The van der Waals surface area contributed by atoms with E-state index in [-0.39, 0.29) is 12.5 Å². The van der Waals surface area contributed by atoms with Crippen LogP contribution in [0.25, 0.3) is 17.0 Å². The van der Waals surface area contributed by atoms with Crippen LogP contribution in [0.5, 0.6) is 0 Å². The van der Waals surface area contributed by atoms with Gasteiger partial charge >= 0.3 is 5.97 Å². The number of hydrogen-bond acceptors (Lipinski definition) is 5. The van der Waals surface area contributed by atoms with E-state index in [4.69, 9.17) is 17.0 Å². The molecule has 0 spiro atoms. The number of nitrogens with zero attached hydrogens (tertiary/aromatic N) is 2. The molecule has 7 heteroatoms. The van der Waals surface area contributed by atoms with E-state index in [0.717, 1.165) is 29.4 Å². The Kier molecular flexibility index (Phi) is 6.53. The van der Waals surface area contributed by atoms with Gasteiger partial charge in [0.05, 0.1) is 11.5 Å². The molecule has 5 nitrogen and oxygen atoms in total. The Labute approximate surface area is 190 Å². The topological polar surface area (TPSA) is 51.5 Å². The summed E-state index contributed by atoms with van der Waals surface area (Å²) in [6, 6.07) is 18.4. The monoisotopic (exact) mass is 450 g/mol. The molecule has 1 aliphatic rings. The Balaban J connectivity index is 1.61. The van der Waals surface area contributed by atoms with Crippen LogP contribution >= 0.6 is 24.0 Å². The van der Waals surface area contributed by atoms with Crippen LogP contribution in [0.3, 0.4) is 0 Å². The first-order chi connectivity index (χ1) is 15.1. The predicted octanol–water partition coefficient (Wildman–Crippen LogP) is 4.84. The van der Waals surface area contributed by atoms with Crippen molar-refractivity contribution < 1.29 is 14.3 Å². The minimum absolute atomic E-state index is 0.155. The second kappa shape index (κ2) is 9.49. The van der Waals surface area contributed by atoms with Gasteiger partial charge in [0, 0.05) is 29.2 Å². The highest BCUT2D eigenvalue weighted by atomic mass is 32.2. The average Bonchev–Trinajstić information content (AvgIpc) is 3.25. The third-order valence-electron chi connectivity index (χ3n) is 4.93. The summed E-state index contributed by atoms with van der Waals surface area (Å²) in [5, 5.41) is 1.06. The zero-order chi connectivity index (χ0) is 21.8. The lowest BCUT2D eigenvalue weighted by Crippen LogP contribution is -2.34. The van der Waals surface area contributed by atoms with Gasteiger partial charge < -0.3 is 9.30 Å². The molecule has 1 fully saturated rings. The average molecular weight is 451 g/mol. The molecule has 1 aromatic heterocycles. The molecule has 0 unspecified atom stereocenters. The molecule has 2 heterocycles. The van der Waals surface area contributed by atoms with E-state index in [1.165, 1.54) is 22.2 Å². The highest BCUT2D eigenvalue weighted by molar-refractivity contribution is 8.26. The number of aromatic nitrogens is 1. The molecule has 158 valence electrons. The number of amides is 1. The molecule has 1 aliphatic heterocycles. The largest absolute Gasteiger partial charge is 0.464 e. The first-order valence-electron chi connectivity index (χ1n) is 10.1. The van der Waals surface area contributed by atoms with Crippen LogP contribution in [0, 0.1) is 0 Å². The van der Waals surface area contributed by atoms with E-state index in [9.17, 15) is 9.59 Å². The Morgan fingerprint density at radius 3 is 2.65 bits per heavy atom.